The highest BCUT2D eigenvalue weighted by molar-refractivity contribution is 5.96. The number of fused-ring (bicyclic) bond motifs is 1. The van der Waals surface area contributed by atoms with E-state index in [1.54, 1.807) is 18.2 Å². The largest absolute Gasteiger partial charge is 0.465 e. The zero-order valence-electron chi connectivity index (χ0n) is 14.5. The van der Waals surface area contributed by atoms with E-state index >= 15 is 0 Å². The molecule has 4 nitrogen and oxygen atoms in total. The van der Waals surface area contributed by atoms with Crippen LogP contribution in [0.25, 0.3) is 10.9 Å². The normalized spacial score (nSPS) is 10.7. The van der Waals surface area contributed by atoms with Crippen molar-refractivity contribution in [1.29, 1.82) is 5.26 Å². The molecule has 0 saturated heterocycles. The molecule has 0 saturated carbocycles. The van der Waals surface area contributed by atoms with Gasteiger partial charge in [-0.3, -0.25) is 0 Å². The second-order valence-corrected chi connectivity index (χ2v) is 6.11. The summed E-state index contributed by atoms with van der Waals surface area (Å²) < 4.78 is 19.9. The Bertz CT molecular complexity index is 968. The fourth-order valence-corrected chi connectivity index (χ4v) is 3.10. The monoisotopic (exact) mass is 350 g/mol. The maximum absolute atomic E-state index is 13.1. The Morgan fingerprint density at radius 3 is 2.65 bits per heavy atom. The van der Waals surface area contributed by atoms with Crippen molar-refractivity contribution in [2.45, 2.75) is 25.8 Å². The minimum atomic E-state index is -0.374. The average molecular weight is 350 g/mol. The van der Waals surface area contributed by atoms with Crippen LogP contribution < -0.4 is 0 Å². The highest BCUT2D eigenvalue weighted by Crippen LogP contribution is 2.25. The van der Waals surface area contributed by atoms with Crippen molar-refractivity contribution >= 4 is 16.9 Å². The van der Waals surface area contributed by atoms with Crippen molar-refractivity contribution in [2.24, 2.45) is 0 Å². The van der Waals surface area contributed by atoms with E-state index in [1.165, 1.54) is 19.2 Å². The number of carbonyl (C=O) groups is 1. The van der Waals surface area contributed by atoms with E-state index in [2.05, 4.69) is 6.07 Å². The molecule has 3 rings (SSSR count). The van der Waals surface area contributed by atoms with Gasteiger partial charge in [0.1, 0.15) is 5.82 Å². The van der Waals surface area contributed by atoms with Crippen LogP contribution in [-0.2, 0) is 24.1 Å². The number of nitriles is 1. The van der Waals surface area contributed by atoms with Crippen molar-refractivity contribution in [3.8, 4) is 6.07 Å². The lowest BCUT2D eigenvalue weighted by atomic mass is 10.0. The molecule has 2 aromatic carbocycles. The number of methoxy groups -OCH3 is 1. The number of ether oxygens (including phenoxy) is 1. The number of aromatic nitrogens is 1. The SMILES string of the molecule is COC(=O)c1ccc2c(c1)c(CCc1ccc(F)cc1)cn2CCC#N. The summed E-state index contributed by atoms with van der Waals surface area (Å²) in [6, 6.07) is 14.1. The molecule has 1 heterocycles. The van der Waals surface area contributed by atoms with Crippen molar-refractivity contribution in [3.05, 3.63) is 71.2 Å². The number of hydrogen-bond acceptors (Lipinski definition) is 3. The summed E-state index contributed by atoms with van der Waals surface area (Å²) in [5, 5.41) is 9.85. The first-order valence-electron chi connectivity index (χ1n) is 8.44. The fraction of sp³-hybridized carbons (Fsp3) is 0.238. The highest BCUT2D eigenvalue weighted by Gasteiger charge is 2.13. The van der Waals surface area contributed by atoms with Gasteiger partial charge in [-0.05, 0) is 54.3 Å². The fourth-order valence-electron chi connectivity index (χ4n) is 3.10. The Kier molecular flexibility index (Phi) is 5.33. The lowest BCUT2D eigenvalue weighted by molar-refractivity contribution is 0.0601. The molecule has 0 unspecified atom stereocenters. The summed E-state index contributed by atoms with van der Waals surface area (Å²) in [5.74, 6) is -0.620. The van der Waals surface area contributed by atoms with Crippen LogP contribution in [0, 0.1) is 17.1 Å². The molecular formula is C21H19FN2O2. The van der Waals surface area contributed by atoms with E-state index in [1.807, 2.05) is 22.9 Å². The van der Waals surface area contributed by atoms with Gasteiger partial charge in [0.15, 0.2) is 0 Å². The predicted molar refractivity (Wildman–Crippen MR) is 97.3 cm³/mol. The Morgan fingerprint density at radius 1 is 1.19 bits per heavy atom. The Morgan fingerprint density at radius 2 is 1.96 bits per heavy atom. The molecule has 0 aliphatic heterocycles. The molecule has 0 aliphatic carbocycles. The second-order valence-electron chi connectivity index (χ2n) is 6.11. The third-order valence-electron chi connectivity index (χ3n) is 4.45. The number of esters is 1. The van der Waals surface area contributed by atoms with E-state index in [0.717, 1.165) is 34.9 Å². The van der Waals surface area contributed by atoms with Crippen molar-refractivity contribution < 1.29 is 13.9 Å². The highest BCUT2D eigenvalue weighted by atomic mass is 19.1. The summed E-state index contributed by atoms with van der Waals surface area (Å²) in [7, 11) is 1.36. The number of nitrogens with zero attached hydrogens (tertiary/aromatic N) is 2. The third-order valence-corrected chi connectivity index (χ3v) is 4.45. The van der Waals surface area contributed by atoms with Gasteiger partial charge in [-0.2, -0.15) is 5.26 Å². The van der Waals surface area contributed by atoms with Crippen LogP contribution in [-0.4, -0.2) is 17.6 Å². The molecule has 0 fully saturated rings. The van der Waals surface area contributed by atoms with Gasteiger partial charge in [0.2, 0.25) is 0 Å². The molecule has 0 atom stereocenters. The number of halogens is 1. The number of aryl methyl sites for hydroxylation is 3. The van der Waals surface area contributed by atoms with Gasteiger partial charge < -0.3 is 9.30 Å². The predicted octanol–water partition coefficient (Wildman–Crippen LogP) is 4.27. The van der Waals surface area contributed by atoms with Crippen LogP contribution >= 0.6 is 0 Å². The molecule has 3 aromatic rings. The number of benzene rings is 2. The second kappa shape index (κ2) is 7.83. The lowest BCUT2D eigenvalue weighted by Crippen LogP contribution is -2.01. The minimum absolute atomic E-state index is 0.246. The molecular weight excluding hydrogens is 331 g/mol. The third kappa shape index (κ3) is 3.75. The van der Waals surface area contributed by atoms with Gasteiger partial charge in [0.05, 0.1) is 25.2 Å². The Hall–Kier alpha value is -3.13. The Labute approximate surface area is 151 Å². The standard InChI is InChI=1S/C21H19FN2O2/c1-26-21(25)16-7-10-20-19(13-16)17(14-24(20)12-2-11-23)6-3-15-4-8-18(22)9-5-15/h4-5,7-10,13-14H,2-3,6,12H2,1H3. The molecule has 0 spiro atoms. The first kappa shape index (κ1) is 17.7. The number of carbonyl (C=O) groups excluding carboxylic acids is 1. The van der Waals surface area contributed by atoms with Gasteiger partial charge in [0.25, 0.3) is 0 Å². The molecule has 0 bridgehead atoms. The van der Waals surface area contributed by atoms with E-state index in [-0.39, 0.29) is 11.8 Å². The topological polar surface area (TPSA) is 55.0 Å². The van der Waals surface area contributed by atoms with E-state index in [9.17, 15) is 9.18 Å². The molecule has 0 N–H and O–H groups in total. The van der Waals surface area contributed by atoms with Gasteiger partial charge in [0, 0.05) is 23.6 Å². The average Bonchev–Trinajstić information content (AvgIpc) is 3.02. The van der Waals surface area contributed by atoms with Crippen LogP contribution in [0.15, 0.2) is 48.7 Å². The van der Waals surface area contributed by atoms with Crippen LogP contribution in [0.1, 0.15) is 27.9 Å². The summed E-state index contributed by atoms with van der Waals surface area (Å²) in [6.07, 6.45) is 3.97. The van der Waals surface area contributed by atoms with E-state index in [4.69, 9.17) is 10.00 Å². The molecule has 132 valence electrons. The van der Waals surface area contributed by atoms with Gasteiger partial charge >= 0.3 is 5.97 Å². The van der Waals surface area contributed by atoms with Gasteiger partial charge in [-0.15, -0.1) is 0 Å². The van der Waals surface area contributed by atoms with Crippen molar-refractivity contribution in [3.63, 3.8) is 0 Å². The van der Waals surface area contributed by atoms with Crippen molar-refractivity contribution in [2.75, 3.05) is 7.11 Å². The first-order valence-corrected chi connectivity index (χ1v) is 8.44. The summed E-state index contributed by atoms with van der Waals surface area (Å²) >= 11 is 0. The first-order chi connectivity index (χ1) is 12.6. The van der Waals surface area contributed by atoms with Gasteiger partial charge in [-0.1, -0.05) is 12.1 Å². The van der Waals surface area contributed by atoms with Crippen LogP contribution in [0.4, 0.5) is 4.39 Å². The molecule has 26 heavy (non-hydrogen) atoms. The maximum atomic E-state index is 13.1. The van der Waals surface area contributed by atoms with Gasteiger partial charge in [-0.25, -0.2) is 9.18 Å². The maximum Gasteiger partial charge on any atom is 0.337 e. The smallest absolute Gasteiger partial charge is 0.337 e. The zero-order chi connectivity index (χ0) is 18.5. The van der Waals surface area contributed by atoms with Crippen LogP contribution in [0.5, 0.6) is 0 Å². The van der Waals surface area contributed by atoms with Crippen LogP contribution in [0.3, 0.4) is 0 Å². The summed E-state index contributed by atoms with van der Waals surface area (Å²) in [4.78, 5) is 11.9. The number of rotatable bonds is 6. The lowest BCUT2D eigenvalue weighted by Gasteiger charge is -2.04. The zero-order valence-corrected chi connectivity index (χ0v) is 14.5. The Balaban J connectivity index is 1.94. The quantitative estimate of drug-likeness (QED) is 0.624. The molecule has 5 heteroatoms. The van der Waals surface area contributed by atoms with E-state index < -0.39 is 0 Å². The van der Waals surface area contributed by atoms with E-state index in [0.29, 0.717) is 18.5 Å². The summed E-state index contributed by atoms with van der Waals surface area (Å²) in [5.41, 5.74) is 3.63. The van der Waals surface area contributed by atoms with Crippen molar-refractivity contribution in [1.82, 2.24) is 4.57 Å². The van der Waals surface area contributed by atoms with Crippen LogP contribution in [0.2, 0.25) is 0 Å². The molecule has 1 aromatic heterocycles. The summed E-state index contributed by atoms with van der Waals surface area (Å²) in [6.45, 7) is 0.598. The number of hydrogen-bond donors (Lipinski definition) is 0. The minimum Gasteiger partial charge on any atom is -0.465 e. The molecule has 0 radical (unpaired) electrons. The molecule has 0 amide bonds. The molecule has 0 aliphatic rings.